The fourth-order valence-corrected chi connectivity index (χ4v) is 2.24. The summed E-state index contributed by atoms with van der Waals surface area (Å²) in [4.78, 5) is 11.8. The first-order chi connectivity index (χ1) is 9.65. The van der Waals surface area contributed by atoms with Crippen LogP contribution in [0.25, 0.3) is 0 Å². The van der Waals surface area contributed by atoms with Crippen LogP contribution >= 0.6 is 11.6 Å². The van der Waals surface area contributed by atoms with E-state index < -0.39 is 0 Å². The van der Waals surface area contributed by atoms with Crippen molar-refractivity contribution in [3.63, 3.8) is 0 Å². The molecule has 5 heteroatoms. The van der Waals surface area contributed by atoms with E-state index in [0.717, 1.165) is 24.1 Å². The quantitative estimate of drug-likeness (QED) is 0.804. The molecule has 2 aromatic rings. The third-order valence-electron chi connectivity index (χ3n) is 3.13. The van der Waals surface area contributed by atoms with E-state index in [0.29, 0.717) is 18.0 Å². The van der Waals surface area contributed by atoms with Gasteiger partial charge in [0.1, 0.15) is 0 Å². The Morgan fingerprint density at radius 3 is 3.00 bits per heavy atom. The van der Waals surface area contributed by atoms with Crippen LogP contribution in [-0.4, -0.2) is 22.6 Å². The van der Waals surface area contributed by atoms with Crippen LogP contribution in [0.3, 0.4) is 0 Å². The second-order valence-corrected chi connectivity index (χ2v) is 5.22. The lowest BCUT2D eigenvalue weighted by Crippen LogP contribution is -2.26. The standard InChI is InChI=1S/C15H18ClN3O/c1-11-13(10-18-19-11)5-3-7-17-15(20)9-12-4-2-6-14(16)8-12/h2,4,6,8,10H,3,5,7,9H2,1H3,(H,17,20)(H,18,19). The summed E-state index contributed by atoms with van der Waals surface area (Å²) in [5, 5.41) is 10.5. The zero-order valence-corrected chi connectivity index (χ0v) is 12.2. The fourth-order valence-electron chi connectivity index (χ4n) is 2.03. The largest absolute Gasteiger partial charge is 0.356 e. The van der Waals surface area contributed by atoms with E-state index in [1.165, 1.54) is 5.56 Å². The smallest absolute Gasteiger partial charge is 0.224 e. The minimum Gasteiger partial charge on any atom is -0.356 e. The van der Waals surface area contributed by atoms with Crippen molar-refractivity contribution in [1.29, 1.82) is 0 Å². The van der Waals surface area contributed by atoms with Crippen molar-refractivity contribution in [2.75, 3.05) is 6.54 Å². The number of rotatable bonds is 6. The summed E-state index contributed by atoms with van der Waals surface area (Å²) in [6.45, 7) is 2.67. The Kier molecular flexibility index (Phi) is 5.18. The Bertz CT molecular complexity index is 580. The van der Waals surface area contributed by atoms with Gasteiger partial charge in [-0.2, -0.15) is 5.10 Å². The molecular weight excluding hydrogens is 274 g/mol. The van der Waals surface area contributed by atoms with Gasteiger partial charge in [0.25, 0.3) is 0 Å². The molecule has 0 aliphatic rings. The summed E-state index contributed by atoms with van der Waals surface area (Å²) in [6.07, 6.45) is 4.02. The number of aromatic amines is 1. The van der Waals surface area contributed by atoms with Crippen LogP contribution in [0.1, 0.15) is 23.2 Å². The SMILES string of the molecule is Cc1[nH]ncc1CCCNC(=O)Cc1cccc(Cl)c1. The summed E-state index contributed by atoms with van der Waals surface area (Å²) in [7, 11) is 0. The van der Waals surface area contributed by atoms with Crippen LogP contribution in [-0.2, 0) is 17.6 Å². The van der Waals surface area contributed by atoms with Crippen molar-refractivity contribution in [2.45, 2.75) is 26.2 Å². The first-order valence-corrected chi connectivity index (χ1v) is 7.03. The molecule has 0 fully saturated rings. The molecule has 0 radical (unpaired) electrons. The maximum Gasteiger partial charge on any atom is 0.224 e. The Morgan fingerprint density at radius 1 is 1.45 bits per heavy atom. The number of amides is 1. The van der Waals surface area contributed by atoms with Gasteiger partial charge < -0.3 is 5.32 Å². The minimum atomic E-state index is 0.0242. The van der Waals surface area contributed by atoms with Crippen molar-refractivity contribution in [2.24, 2.45) is 0 Å². The normalized spacial score (nSPS) is 10.5. The maximum absolute atomic E-state index is 11.8. The van der Waals surface area contributed by atoms with E-state index in [9.17, 15) is 4.79 Å². The second kappa shape index (κ2) is 7.10. The van der Waals surface area contributed by atoms with Gasteiger partial charge >= 0.3 is 0 Å². The lowest BCUT2D eigenvalue weighted by Gasteiger charge is -2.05. The molecule has 0 saturated heterocycles. The van der Waals surface area contributed by atoms with Crippen molar-refractivity contribution in [3.8, 4) is 0 Å². The lowest BCUT2D eigenvalue weighted by molar-refractivity contribution is -0.120. The summed E-state index contributed by atoms with van der Waals surface area (Å²) < 4.78 is 0. The zero-order valence-electron chi connectivity index (χ0n) is 11.4. The van der Waals surface area contributed by atoms with Gasteiger partial charge in [0.05, 0.1) is 12.6 Å². The molecule has 2 rings (SSSR count). The molecule has 0 aliphatic carbocycles. The molecule has 1 heterocycles. The molecular formula is C15H18ClN3O. The molecule has 0 spiro atoms. The Labute approximate surface area is 123 Å². The number of aryl methyl sites for hydroxylation is 2. The highest BCUT2D eigenvalue weighted by atomic mass is 35.5. The molecule has 0 atom stereocenters. The van der Waals surface area contributed by atoms with Gasteiger partial charge in [-0.25, -0.2) is 0 Å². The summed E-state index contributed by atoms with van der Waals surface area (Å²) >= 11 is 5.89. The average Bonchev–Trinajstić information content (AvgIpc) is 2.80. The van der Waals surface area contributed by atoms with Crippen LogP contribution < -0.4 is 5.32 Å². The topological polar surface area (TPSA) is 57.8 Å². The average molecular weight is 292 g/mol. The van der Waals surface area contributed by atoms with Crippen molar-refractivity contribution >= 4 is 17.5 Å². The van der Waals surface area contributed by atoms with Crippen molar-refractivity contribution < 1.29 is 4.79 Å². The van der Waals surface area contributed by atoms with Crippen LogP contribution in [0, 0.1) is 6.92 Å². The summed E-state index contributed by atoms with van der Waals surface area (Å²) in [5.74, 6) is 0.0242. The lowest BCUT2D eigenvalue weighted by atomic mass is 10.1. The number of benzene rings is 1. The van der Waals surface area contributed by atoms with Crippen LogP contribution in [0.2, 0.25) is 5.02 Å². The number of nitrogens with zero attached hydrogens (tertiary/aromatic N) is 1. The number of carbonyl (C=O) groups is 1. The van der Waals surface area contributed by atoms with E-state index >= 15 is 0 Å². The van der Waals surface area contributed by atoms with Gasteiger partial charge in [0.2, 0.25) is 5.91 Å². The highest BCUT2D eigenvalue weighted by molar-refractivity contribution is 6.30. The monoisotopic (exact) mass is 291 g/mol. The maximum atomic E-state index is 11.8. The second-order valence-electron chi connectivity index (χ2n) is 4.78. The number of hydrogen-bond acceptors (Lipinski definition) is 2. The third-order valence-corrected chi connectivity index (χ3v) is 3.37. The third kappa shape index (κ3) is 4.38. The molecule has 1 aromatic heterocycles. The molecule has 2 N–H and O–H groups in total. The summed E-state index contributed by atoms with van der Waals surface area (Å²) in [6, 6.07) is 7.37. The molecule has 0 bridgehead atoms. The molecule has 106 valence electrons. The predicted molar refractivity (Wildman–Crippen MR) is 79.8 cm³/mol. The number of nitrogens with one attached hydrogen (secondary N) is 2. The molecule has 0 aliphatic heterocycles. The minimum absolute atomic E-state index is 0.0242. The van der Waals surface area contributed by atoms with Gasteiger partial charge in [-0.3, -0.25) is 9.89 Å². The van der Waals surface area contributed by atoms with Gasteiger partial charge in [0, 0.05) is 17.3 Å². The van der Waals surface area contributed by atoms with Gasteiger partial charge in [-0.15, -0.1) is 0 Å². The van der Waals surface area contributed by atoms with E-state index in [1.54, 1.807) is 6.07 Å². The Morgan fingerprint density at radius 2 is 2.30 bits per heavy atom. The van der Waals surface area contributed by atoms with E-state index in [-0.39, 0.29) is 5.91 Å². The van der Waals surface area contributed by atoms with Crippen LogP contribution in [0.4, 0.5) is 0 Å². The summed E-state index contributed by atoms with van der Waals surface area (Å²) in [5.41, 5.74) is 3.23. The Balaban J connectivity index is 1.69. The first kappa shape index (κ1) is 14.6. The number of H-pyrrole nitrogens is 1. The molecule has 1 amide bonds. The number of halogens is 1. The first-order valence-electron chi connectivity index (χ1n) is 6.65. The fraction of sp³-hybridized carbons (Fsp3) is 0.333. The highest BCUT2D eigenvalue weighted by Crippen LogP contribution is 2.11. The van der Waals surface area contributed by atoms with Crippen molar-refractivity contribution in [1.82, 2.24) is 15.5 Å². The molecule has 0 unspecified atom stereocenters. The predicted octanol–water partition coefficient (Wildman–Crippen LogP) is 2.66. The number of hydrogen-bond donors (Lipinski definition) is 2. The molecule has 4 nitrogen and oxygen atoms in total. The van der Waals surface area contributed by atoms with Gasteiger partial charge in [-0.1, -0.05) is 23.7 Å². The van der Waals surface area contributed by atoms with Crippen molar-refractivity contribution in [3.05, 3.63) is 52.3 Å². The molecule has 1 aromatic carbocycles. The molecule has 20 heavy (non-hydrogen) atoms. The molecule has 0 saturated carbocycles. The van der Waals surface area contributed by atoms with E-state index in [4.69, 9.17) is 11.6 Å². The van der Waals surface area contributed by atoms with Crippen LogP contribution in [0.15, 0.2) is 30.5 Å². The van der Waals surface area contributed by atoms with Gasteiger partial charge in [-0.05, 0) is 43.0 Å². The number of aromatic nitrogens is 2. The Hall–Kier alpha value is -1.81. The number of carbonyl (C=O) groups excluding carboxylic acids is 1. The zero-order chi connectivity index (χ0) is 14.4. The van der Waals surface area contributed by atoms with Gasteiger partial charge in [0.15, 0.2) is 0 Å². The van der Waals surface area contributed by atoms with E-state index in [2.05, 4.69) is 15.5 Å². The highest BCUT2D eigenvalue weighted by Gasteiger charge is 2.04. The van der Waals surface area contributed by atoms with Crippen LogP contribution in [0.5, 0.6) is 0 Å². The van der Waals surface area contributed by atoms with E-state index in [1.807, 2.05) is 31.3 Å².